The van der Waals surface area contributed by atoms with Crippen LogP contribution in [-0.2, 0) is 13.1 Å². The summed E-state index contributed by atoms with van der Waals surface area (Å²) < 4.78 is 6.47. The van der Waals surface area contributed by atoms with Crippen LogP contribution < -0.4 is 16.4 Å². The number of carbonyl (C=O) groups excluding carboxylic acids is 1. The first-order valence-corrected chi connectivity index (χ1v) is 12.3. The second kappa shape index (κ2) is 11.8. The Morgan fingerprint density at radius 2 is 1.88 bits per heavy atom. The molecule has 0 aliphatic carbocycles. The van der Waals surface area contributed by atoms with Crippen LogP contribution in [0.25, 0.3) is 0 Å². The molecule has 0 atom stereocenters. The first kappa shape index (κ1) is 24.6. The summed E-state index contributed by atoms with van der Waals surface area (Å²) >= 11 is 8.51. The van der Waals surface area contributed by atoms with Crippen LogP contribution in [0.15, 0.2) is 41.3 Å². The number of nitrogens with zero attached hydrogens (tertiary/aromatic N) is 5. The minimum Gasteiger partial charge on any atom is -0.447 e. The van der Waals surface area contributed by atoms with Crippen molar-refractivity contribution in [3.05, 3.63) is 62.6 Å². The van der Waals surface area contributed by atoms with Crippen molar-refractivity contribution in [1.29, 1.82) is 0 Å². The summed E-state index contributed by atoms with van der Waals surface area (Å²) in [4.78, 5) is 29.6. The lowest BCUT2D eigenvalue weighted by atomic mass is 10.2. The maximum atomic E-state index is 12.6. The van der Waals surface area contributed by atoms with Gasteiger partial charge in [-0.3, -0.25) is 14.6 Å². The van der Waals surface area contributed by atoms with Crippen LogP contribution in [0.5, 0.6) is 0 Å². The first-order valence-electron chi connectivity index (χ1n) is 10.9. The SMILES string of the molecule is Nc1nc(NCc2ccc(I)cc2)c(Cl)nc1C(=O)NCCN1CCN(Cc2cnco2)CC1. The number of rotatable bonds is 9. The topological polar surface area (TPSA) is 125 Å². The number of nitrogens with one attached hydrogen (secondary N) is 2. The summed E-state index contributed by atoms with van der Waals surface area (Å²) in [6.45, 7) is 6.18. The molecule has 0 radical (unpaired) electrons. The predicted molar refractivity (Wildman–Crippen MR) is 138 cm³/mol. The minimum absolute atomic E-state index is 0.0293. The molecule has 4 rings (SSSR count). The Hall–Kier alpha value is -2.48. The summed E-state index contributed by atoms with van der Waals surface area (Å²) in [5.74, 6) is 0.861. The molecule has 1 fully saturated rings. The molecule has 0 saturated carbocycles. The molecule has 1 aromatic carbocycles. The van der Waals surface area contributed by atoms with E-state index in [4.69, 9.17) is 21.8 Å². The zero-order valence-corrected chi connectivity index (χ0v) is 21.4. The summed E-state index contributed by atoms with van der Waals surface area (Å²) in [6.07, 6.45) is 3.20. The fourth-order valence-corrected chi connectivity index (χ4v) is 4.17. The van der Waals surface area contributed by atoms with E-state index in [-0.39, 0.29) is 22.6 Å². The third kappa shape index (κ3) is 6.78. The lowest BCUT2D eigenvalue weighted by Crippen LogP contribution is -2.48. The van der Waals surface area contributed by atoms with Gasteiger partial charge in [-0.05, 0) is 40.3 Å². The van der Waals surface area contributed by atoms with E-state index in [0.717, 1.165) is 54.2 Å². The summed E-state index contributed by atoms with van der Waals surface area (Å²) in [5, 5.41) is 6.09. The van der Waals surface area contributed by atoms with Gasteiger partial charge in [-0.2, -0.15) is 0 Å². The number of amides is 1. The quantitative estimate of drug-likeness (QED) is 0.320. The molecule has 12 heteroatoms. The molecule has 3 heterocycles. The van der Waals surface area contributed by atoms with Crippen molar-refractivity contribution >= 4 is 51.7 Å². The van der Waals surface area contributed by atoms with Gasteiger partial charge in [-0.25, -0.2) is 15.0 Å². The van der Waals surface area contributed by atoms with Gasteiger partial charge in [0.2, 0.25) is 0 Å². The molecule has 4 N–H and O–H groups in total. The average molecular weight is 597 g/mol. The van der Waals surface area contributed by atoms with E-state index in [1.165, 1.54) is 6.39 Å². The van der Waals surface area contributed by atoms with Crippen molar-refractivity contribution in [3.63, 3.8) is 0 Å². The lowest BCUT2D eigenvalue weighted by Gasteiger charge is -2.34. The van der Waals surface area contributed by atoms with Gasteiger partial charge >= 0.3 is 0 Å². The third-order valence-electron chi connectivity index (χ3n) is 5.51. The van der Waals surface area contributed by atoms with Crippen LogP contribution in [-0.4, -0.2) is 69.9 Å². The molecule has 1 aliphatic heterocycles. The van der Waals surface area contributed by atoms with Crippen molar-refractivity contribution in [2.24, 2.45) is 0 Å². The third-order valence-corrected chi connectivity index (χ3v) is 6.49. The summed E-state index contributed by atoms with van der Waals surface area (Å²) in [6, 6.07) is 8.06. The molecule has 0 unspecified atom stereocenters. The molecule has 2 aromatic heterocycles. The highest BCUT2D eigenvalue weighted by atomic mass is 127. The number of benzene rings is 1. The van der Waals surface area contributed by atoms with Gasteiger partial charge in [0.25, 0.3) is 5.91 Å². The largest absolute Gasteiger partial charge is 0.447 e. The van der Waals surface area contributed by atoms with E-state index in [1.807, 2.05) is 24.3 Å². The highest BCUT2D eigenvalue weighted by Gasteiger charge is 2.20. The van der Waals surface area contributed by atoms with E-state index in [0.29, 0.717) is 18.9 Å². The molecule has 3 aromatic rings. The zero-order chi connectivity index (χ0) is 23.9. The number of hydrogen-bond acceptors (Lipinski definition) is 9. The van der Waals surface area contributed by atoms with Gasteiger partial charge in [-0.15, -0.1) is 0 Å². The Morgan fingerprint density at radius 3 is 2.59 bits per heavy atom. The van der Waals surface area contributed by atoms with Crippen molar-refractivity contribution in [3.8, 4) is 0 Å². The Balaban J connectivity index is 1.22. The molecule has 0 bridgehead atoms. The second-order valence-corrected chi connectivity index (χ2v) is 9.52. The van der Waals surface area contributed by atoms with E-state index in [1.54, 1.807) is 6.20 Å². The normalized spacial score (nSPS) is 14.8. The second-order valence-electron chi connectivity index (χ2n) is 7.92. The van der Waals surface area contributed by atoms with Gasteiger partial charge in [0, 0.05) is 49.4 Å². The Kier molecular flexibility index (Phi) is 8.53. The molecule has 180 valence electrons. The highest BCUT2D eigenvalue weighted by Crippen LogP contribution is 2.21. The number of hydrogen-bond donors (Lipinski definition) is 3. The number of aromatic nitrogens is 3. The van der Waals surface area contributed by atoms with Crippen LogP contribution in [0, 0.1) is 3.57 Å². The maximum absolute atomic E-state index is 12.6. The Morgan fingerprint density at radius 1 is 1.15 bits per heavy atom. The highest BCUT2D eigenvalue weighted by molar-refractivity contribution is 14.1. The molecule has 10 nitrogen and oxygen atoms in total. The van der Waals surface area contributed by atoms with Gasteiger partial charge in [0.1, 0.15) is 5.76 Å². The summed E-state index contributed by atoms with van der Waals surface area (Å²) in [7, 11) is 0. The van der Waals surface area contributed by atoms with Crippen LogP contribution in [0.4, 0.5) is 11.6 Å². The number of piperazine rings is 1. The smallest absolute Gasteiger partial charge is 0.273 e. The average Bonchev–Trinajstić information content (AvgIpc) is 3.34. The fraction of sp³-hybridized carbons (Fsp3) is 0.364. The zero-order valence-electron chi connectivity index (χ0n) is 18.5. The van der Waals surface area contributed by atoms with Crippen molar-refractivity contribution < 1.29 is 9.21 Å². The standard InChI is InChI=1S/C22H26ClIN8O2/c23-19-21(28-11-15-1-3-16(24)4-2-15)30-20(25)18(29-19)22(33)27-5-6-31-7-9-32(10-8-31)13-17-12-26-14-34-17/h1-4,12,14H,5-11,13H2,(H,27,33)(H3,25,28,30). The number of halogens is 2. The molecule has 34 heavy (non-hydrogen) atoms. The van der Waals surface area contributed by atoms with E-state index >= 15 is 0 Å². The molecule has 1 saturated heterocycles. The molecule has 1 amide bonds. The van der Waals surface area contributed by atoms with Crippen molar-refractivity contribution in [1.82, 2.24) is 30.1 Å². The van der Waals surface area contributed by atoms with Crippen molar-refractivity contribution in [2.45, 2.75) is 13.1 Å². The van der Waals surface area contributed by atoms with Gasteiger partial charge in [0.15, 0.2) is 28.9 Å². The Bertz CT molecular complexity index is 1090. The molecule has 1 aliphatic rings. The van der Waals surface area contributed by atoms with Crippen LogP contribution in [0.2, 0.25) is 5.15 Å². The van der Waals surface area contributed by atoms with Gasteiger partial charge < -0.3 is 20.8 Å². The van der Waals surface area contributed by atoms with Gasteiger partial charge in [0.05, 0.1) is 12.7 Å². The molecular weight excluding hydrogens is 571 g/mol. The monoisotopic (exact) mass is 596 g/mol. The fourth-order valence-electron chi connectivity index (χ4n) is 3.62. The van der Waals surface area contributed by atoms with E-state index in [2.05, 4.69) is 58.0 Å². The lowest BCUT2D eigenvalue weighted by molar-refractivity contribution is 0.0927. The van der Waals surface area contributed by atoms with E-state index in [9.17, 15) is 4.79 Å². The first-order chi connectivity index (χ1) is 16.5. The minimum atomic E-state index is -0.389. The maximum Gasteiger partial charge on any atom is 0.273 e. The number of nitrogens with two attached hydrogens (primary N) is 1. The van der Waals surface area contributed by atoms with Crippen LogP contribution in [0.3, 0.4) is 0 Å². The number of nitrogen functional groups attached to an aromatic ring is 1. The van der Waals surface area contributed by atoms with Crippen LogP contribution in [0.1, 0.15) is 21.8 Å². The molecule has 0 spiro atoms. The van der Waals surface area contributed by atoms with Crippen LogP contribution >= 0.6 is 34.2 Å². The Labute approximate surface area is 216 Å². The number of carbonyl (C=O) groups is 1. The summed E-state index contributed by atoms with van der Waals surface area (Å²) in [5.41, 5.74) is 7.10. The number of anilines is 2. The van der Waals surface area contributed by atoms with E-state index < -0.39 is 0 Å². The molecular formula is C22H26ClIN8O2. The van der Waals surface area contributed by atoms with Gasteiger partial charge in [-0.1, -0.05) is 23.7 Å². The number of oxazole rings is 1. The van der Waals surface area contributed by atoms with Crippen molar-refractivity contribution in [2.75, 3.05) is 50.3 Å². The predicted octanol–water partition coefficient (Wildman–Crippen LogP) is 2.46.